The molecule has 0 atom stereocenters. The molecule has 0 aliphatic carbocycles. The molecule has 0 aliphatic rings. The number of unbranched alkanes of at least 4 members (excludes halogenated alkanes) is 3. The number of H-pyrrole nitrogens is 1. The average molecular weight is 269 g/mol. The largest absolute Gasteiger partial charge is 0.358 e. The summed E-state index contributed by atoms with van der Waals surface area (Å²) in [6, 6.07) is 7.71. The van der Waals surface area contributed by atoms with Gasteiger partial charge in [0.1, 0.15) is 0 Å². The number of hydrogen-bond acceptors (Lipinski definition) is 1. The smallest absolute Gasteiger partial charge is 0.192 e. The zero-order chi connectivity index (χ0) is 14.4. The van der Waals surface area contributed by atoms with E-state index in [4.69, 9.17) is 0 Å². The molecule has 0 amide bonds. The summed E-state index contributed by atoms with van der Waals surface area (Å²) in [6.07, 6.45) is 10.1. The van der Waals surface area contributed by atoms with Gasteiger partial charge in [0, 0.05) is 28.6 Å². The van der Waals surface area contributed by atoms with E-state index < -0.39 is 0 Å². The number of para-hydroxylation sites is 1. The number of pyridine rings is 1. The van der Waals surface area contributed by atoms with Crippen molar-refractivity contribution in [3.05, 3.63) is 57.9 Å². The molecule has 1 N–H and O–H groups in total. The molecule has 1 aromatic heterocycles. The normalized spacial score (nSPS) is 11.5. The van der Waals surface area contributed by atoms with Gasteiger partial charge in [-0.2, -0.15) is 0 Å². The van der Waals surface area contributed by atoms with E-state index in [0.29, 0.717) is 0 Å². The van der Waals surface area contributed by atoms with Gasteiger partial charge in [-0.05, 0) is 31.9 Å². The lowest BCUT2D eigenvalue weighted by Gasteiger charge is -2.06. The molecule has 2 aromatic rings. The zero-order valence-corrected chi connectivity index (χ0v) is 12.4. The van der Waals surface area contributed by atoms with Crippen LogP contribution >= 0.6 is 0 Å². The summed E-state index contributed by atoms with van der Waals surface area (Å²) < 4.78 is 0. The van der Waals surface area contributed by atoms with Crippen LogP contribution in [0.5, 0.6) is 0 Å². The third kappa shape index (κ3) is 3.38. The highest BCUT2D eigenvalue weighted by Crippen LogP contribution is 2.11. The van der Waals surface area contributed by atoms with Gasteiger partial charge in [0.15, 0.2) is 5.43 Å². The lowest BCUT2D eigenvalue weighted by Crippen LogP contribution is -2.11. The predicted octanol–water partition coefficient (Wildman–Crippen LogP) is 4.52. The minimum atomic E-state index is 0.147. The molecule has 106 valence electrons. The van der Waals surface area contributed by atoms with Gasteiger partial charge in [-0.15, -0.1) is 0 Å². The highest BCUT2D eigenvalue weighted by Gasteiger charge is 2.06. The molecule has 0 bridgehead atoms. The van der Waals surface area contributed by atoms with Crippen LogP contribution in [-0.2, 0) is 6.42 Å². The SMILES string of the molecule is CCCCCC=CCc1[nH]c2ccccc2c(=O)c1C. The Morgan fingerprint density at radius 2 is 1.95 bits per heavy atom. The second-order valence-electron chi connectivity index (χ2n) is 5.27. The van der Waals surface area contributed by atoms with Gasteiger partial charge >= 0.3 is 0 Å². The Labute approximate surface area is 120 Å². The summed E-state index contributed by atoms with van der Waals surface area (Å²) in [5, 5.41) is 0.778. The number of aromatic nitrogens is 1. The van der Waals surface area contributed by atoms with Crippen molar-refractivity contribution in [3.63, 3.8) is 0 Å². The van der Waals surface area contributed by atoms with Gasteiger partial charge in [-0.1, -0.05) is 44.1 Å². The average Bonchev–Trinajstić information content (AvgIpc) is 2.47. The van der Waals surface area contributed by atoms with Crippen molar-refractivity contribution in [2.24, 2.45) is 0 Å². The Hall–Kier alpha value is -1.83. The Balaban J connectivity index is 2.14. The summed E-state index contributed by atoms with van der Waals surface area (Å²) in [7, 11) is 0. The maximum Gasteiger partial charge on any atom is 0.192 e. The molecule has 0 radical (unpaired) electrons. The summed E-state index contributed by atoms with van der Waals surface area (Å²) in [5.74, 6) is 0. The molecular weight excluding hydrogens is 246 g/mol. The number of hydrogen-bond donors (Lipinski definition) is 1. The monoisotopic (exact) mass is 269 g/mol. The van der Waals surface area contributed by atoms with E-state index in [1.54, 1.807) is 0 Å². The quantitative estimate of drug-likeness (QED) is 0.607. The van der Waals surface area contributed by atoms with Gasteiger partial charge in [0.2, 0.25) is 0 Å². The van der Waals surface area contributed by atoms with Crippen LogP contribution < -0.4 is 5.43 Å². The molecule has 1 heterocycles. The van der Waals surface area contributed by atoms with Gasteiger partial charge in [-0.3, -0.25) is 4.79 Å². The van der Waals surface area contributed by atoms with Crippen molar-refractivity contribution in [1.29, 1.82) is 0 Å². The Morgan fingerprint density at radius 3 is 2.75 bits per heavy atom. The maximum absolute atomic E-state index is 12.3. The first-order valence-corrected chi connectivity index (χ1v) is 7.49. The fourth-order valence-corrected chi connectivity index (χ4v) is 2.42. The molecule has 1 aromatic carbocycles. The highest BCUT2D eigenvalue weighted by molar-refractivity contribution is 5.79. The molecule has 2 nitrogen and oxygen atoms in total. The zero-order valence-electron chi connectivity index (χ0n) is 12.4. The van der Waals surface area contributed by atoms with Gasteiger partial charge in [0.25, 0.3) is 0 Å². The van der Waals surface area contributed by atoms with E-state index in [1.165, 1.54) is 19.3 Å². The summed E-state index contributed by atoms with van der Waals surface area (Å²) in [4.78, 5) is 15.7. The first-order valence-electron chi connectivity index (χ1n) is 7.49. The topological polar surface area (TPSA) is 32.9 Å². The van der Waals surface area contributed by atoms with Gasteiger partial charge in [0.05, 0.1) is 0 Å². The van der Waals surface area contributed by atoms with Crippen molar-refractivity contribution in [1.82, 2.24) is 4.98 Å². The van der Waals surface area contributed by atoms with E-state index in [0.717, 1.165) is 35.0 Å². The molecule has 0 fully saturated rings. The third-order valence-corrected chi connectivity index (χ3v) is 3.71. The lowest BCUT2D eigenvalue weighted by atomic mass is 10.1. The van der Waals surface area contributed by atoms with E-state index in [2.05, 4.69) is 24.1 Å². The molecule has 0 spiro atoms. The van der Waals surface area contributed by atoms with E-state index >= 15 is 0 Å². The van der Waals surface area contributed by atoms with E-state index in [9.17, 15) is 4.79 Å². The first-order chi connectivity index (χ1) is 9.74. The van der Waals surface area contributed by atoms with Crippen molar-refractivity contribution >= 4 is 10.9 Å². The number of aromatic amines is 1. The Kier molecular flexibility index (Phi) is 5.16. The van der Waals surface area contributed by atoms with Crippen molar-refractivity contribution < 1.29 is 0 Å². The molecule has 2 heteroatoms. The van der Waals surface area contributed by atoms with Crippen LogP contribution in [0.4, 0.5) is 0 Å². The fraction of sp³-hybridized carbons (Fsp3) is 0.389. The summed E-state index contributed by atoms with van der Waals surface area (Å²) in [5.41, 5.74) is 2.94. The molecule has 0 aliphatic heterocycles. The first kappa shape index (κ1) is 14.6. The molecule has 20 heavy (non-hydrogen) atoms. The third-order valence-electron chi connectivity index (χ3n) is 3.71. The number of nitrogens with one attached hydrogen (secondary N) is 1. The molecule has 2 rings (SSSR count). The molecule has 0 saturated heterocycles. The van der Waals surface area contributed by atoms with Crippen LogP contribution in [-0.4, -0.2) is 4.98 Å². The second kappa shape index (κ2) is 7.09. The number of rotatable bonds is 6. The minimum Gasteiger partial charge on any atom is -0.358 e. The van der Waals surface area contributed by atoms with Crippen molar-refractivity contribution in [3.8, 4) is 0 Å². The number of fused-ring (bicyclic) bond motifs is 1. The summed E-state index contributed by atoms with van der Waals surface area (Å²) in [6.45, 7) is 4.12. The van der Waals surface area contributed by atoms with Crippen LogP contribution in [0, 0.1) is 6.92 Å². The lowest BCUT2D eigenvalue weighted by molar-refractivity contribution is 0.728. The standard InChI is InChI=1S/C18H23NO/c1-3-4-5-6-7-8-12-16-14(2)18(20)15-11-9-10-13-17(15)19-16/h7-11,13H,3-6,12H2,1-2H3,(H,19,20). The second-order valence-corrected chi connectivity index (χ2v) is 5.27. The van der Waals surface area contributed by atoms with Gasteiger partial charge < -0.3 is 4.98 Å². The minimum absolute atomic E-state index is 0.147. The maximum atomic E-state index is 12.3. The van der Waals surface area contributed by atoms with Crippen LogP contribution in [0.3, 0.4) is 0 Å². The van der Waals surface area contributed by atoms with E-state index in [1.807, 2.05) is 31.2 Å². The van der Waals surface area contributed by atoms with Crippen LogP contribution in [0.25, 0.3) is 10.9 Å². The predicted molar refractivity (Wildman–Crippen MR) is 86.3 cm³/mol. The number of benzene rings is 1. The molecular formula is C18H23NO. The fourth-order valence-electron chi connectivity index (χ4n) is 2.42. The van der Waals surface area contributed by atoms with E-state index in [-0.39, 0.29) is 5.43 Å². The van der Waals surface area contributed by atoms with Crippen molar-refractivity contribution in [2.45, 2.75) is 46.0 Å². The van der Waals surface area contributed by atoms with Crippen LogP contribution in [0.15, 0.2) is 41.2 Å². The van der Waals surface area contributed by atoms with Crippen molar-refractivity contribution in [2.75, 3.05) is 0 Å². The Bertz CT molecular complexity index is 652. The Morgan fingerprint density at radius 1 is 1.15 bits per heavy atom. The van der Waals surface area contributed by atoms with Crippen LogP contribution in [0.1, 0.15) is 43.9 Å². The highest BCUT2D eigenvalue weighted by atomic mass is 16.1. The van der Waals surface area contributed by atoms with Crippen LogP contribution in [0.2, 0.25) is 0 Å². The molecule has 0 saturated carbocycles. The number of allylic oxidation sites excluding steroid dienone is 2. The van der Waals surface area contributed by atoms with Gasteiger partial charge in [-0.25, -0.2) is 0 Å². The summed E-state index contributed by atoms with van der Waals surface area (Å²) >= 11 is 0. The molecule has 0 unspecified atom stereocenters.